The Bertz CT molecular complexity index is 470. The number of hydrogen-bond donors (Lipinski definition) is 1. The fourth-order valence-corrected chi connectivity index (χ4v) is 1.61. The summed E-state index contributed by atoms with van der Waals surface area (Å²) in [7, 11) is 2.02. The molecule has 0 aromatic carbocycles. The average molecular weight is 228 g/mol. The first kappa shape index (κ1) is 11.4. The van der Waals surface area contributed by atoms with E-state index < -0.39 is 0 Å². The summed E-state index contributed by atoms with van der Waals surface area (Å²) >= 11 is 0. The van der Waals surface area contributed by atoms with Gasteiger partial charge in [0.25, 0.3) is 0 Å². The molecule has 0 spiro atoms. The van der Waals surface area contributed by atoms with Crippen LogP contribution in [-0.4, -0.2) is 23.6 Å². The summed E-state index contributed by atoms with van der Waals surface area (Å²) in [6, 6.07) is 9.73. The molecule has 0 radical (unpaired) electrons. The molecule has 2 aromatic rings. The topological polar surface area (TPSA) is 55.0 Å². The van der Waals surface area contributed by atoms with Gasteiger partial charge in [0, 0.05) is 26.0 Å². The van der Waals surface area contributed by atoms with E-state index in [1.54, 1.807) is 6.07 Å². The van der Waals surface area contributed by atoms with Crippen molar-refractivity contribution in [3.05, 3.63) is 48.3 Å². The second-order valence-corrected chi connectivity index (χ2v) is 3.95. The van der Waals surface area contributed by atoms with Crippen LogP contribution in [0.1, 0.15) is 5.56 Å². The molecule has 0 fully saturated rings. The zero-order valence-electron chi connectivity index (χ0n) is 9.87. The number of likely N-dealkylation sites (N-methyl/N-ethyl adjacent to an activating group) is 1. The first-order chi connectivity index (χ1) is 8.25. The highest BCUT2D eigenvalue weighted by Crippen LogP contribution is 2.11. The van der Waals surface area contributed by atoms with Crippen LogP contribution in [0.2, 0.25) is 0 Å². The predicted octanol–water partition coefficient (Wildman–Crippen LogP) is 1.74. The van der Waals surface area contributed by atoms with Crippen LogP contribution in [0.25, 0.3) is 0 Å². The lowest BCUT2D eigenvalue weighted by Gasteiger charge is -2.18. The molecule has 0 saturated heterocycles. The number of nitrogens with two attached hydrogens (primary N) is 1. The van der Waals surface area contributed by atoms with Crippen molar-refractivity contribution in [2.45, 2.75) is 6.42 Å². The smallest absolute Gasteiger partial charge is 0.130 e. The molecule has 4 heteroatoms. The minimum atomic E-state index is 0.554. The third-order valence-corrected chi connectivity index (χ3v) is 2.63. The zero-order chi connectivity index (χ0) is 12.1. The molecule has 0 unspecified atom stereocenters. The van der Waals surface area contributed by atoms with Crippen LogP contribution in [0.5, 0.6) is 0 Å². The van der Waals surface area contributed by atoms with Crippen molar-refractivity contribution in [3.63, 3.8) is 0 Å². The van der Waals surface area contributed by atoms with Gasteiger partial charge in [0.15, 0.2) is 0 Å². The van der Waals surface area contributed by atoms with Gasteiger partial charge in [-0.15, -0.1) is 0 Å². The molecule has 2 N–H and O–H groups in total. The van der Waals surface area contributed by atoms with E-state index in [0.29, 0.717) is 5.82 Å². The highest BCUT2D eigenvalue weighted by molar-refractivity contribution is 5.44. The fraction of sp³-hybridized carbons (Fsp3) is 0.231. The van der Waals surface area contributed by atoms with Gasteiger partial charge < -0.3 is 10.6 Å². The van der Waals surface area contributed by atoms with Crippen LogP contribution in [-0.2, 0) is 6.42 Å². The van der Waals surface area contributed by atoms with Crippen LogP contribution in [0.15, 0.2) is 42.7 Å². The van der Waals surface area contributed by atoms with Crippen molar-refractivity contribution in [3.8, 4) is 0 Å². The van der Waals surface area contributed by atoms with Gasteiger partial charge in [-0.3, -0.25) is 4.98 Å². The normalized spacial score (nSPS) is 10.2. The van der Waals surface area contributed by atoms with Gasteiger partial charge in [-0.2, -0.15) is 0 Å². The van der Waals surface area contributed by atoms with Crippen molar-refractivity contribution in [2.75, 3.05) is 24.2 Å². The van der Waals surface area contributed by atoms with Crippen molar-refractivity contribution < 1.29 is 0 Å². The molecule has 0 bridgehead atoms. The van der Waals surface area contributed by atoms with E-state index in [0.717, 1.165) is 18.8 Å². The van der Waals surface area contributed by atoms with Gasteiger partial charge >= 0.3 is 0 Å². The molecule has 0 amide bonds. The second kappa shape index (κ2) is 5.30. The summed E-state index contributed by atoms with van der Waals surface area (Å²) in [5.74, 6) is 1.46. The molecular weight excluding hydrogens is 212 g/mol. The van der Waals surface area contributed by atoms with E-state index in [1.807, 2.05) is 43.7 Å². The summed E-state index contributed by atoms with van der Waals surface area (Å²) < 4.78 is 0. The van der Waals surface area contributed by atoms with E-state index in [-0.39, 0.29) is 0 Å². The van der Waals surface area contributed by atoms with Crippen LogP contribution in [0.3, 0.4) is 0 Å². The maximum absolute atomic E-state index is 5.66. The standard InChI is InChI=1S/C13H16N4/c1-17(13-4-2-3-12(14)16-13)10-7-11-5-8-15-9-6-11/h2-6,8-9H,7,10H2,1H3,(H2,14,16). The van der Waals surface area contributed by atoms with Crippen LogP contribution in [0, 0.1) is 0 Å². The van der Waals surface area contributed by atoms with E-state index in [1.165, 1.54) is 5.56 Å². The van der Waals surface area contributed by atoms with Gasteiger partial charge in [0.1, 0.15) is 11.6 Å². The predicted molar refractivity (Wildman–Crippen MR) is 69.9 cm³/mol. The summed E-state index contributed by atoms with van der Waals surface area (Å²) in [6.45, 7) is 0.903. The molecule has 0 atom stereocenters. The lowest BCUT2D eigenvalue weighted by molar-refractivity contribution is 0.859. The Hall–Kier alpha value is -2.10. The Morgan fingerprint density at radius 2 is 1.94 bits per heavy atom. The van der Waals surface area contributed by atoms with Crippen molar-refractivity contribution in [1.82, 2.24) is 9.97 Å². The maximum atomic E-state index is 5.66. The quantitative estimate of drug-likeness (QED) is 0.866. The molecule has 0 aliphatic heterocycles. The highest BCUT2D eigenvalue weighted by atomic mass is 15.2. The molecule has 2 aromatic heterocycles. The molecule has 2 heterocycles. The Labute approximate surface area is 101 Å². The van der Waals surface area contributed by atoms with Gasteiger partial charge in [0.2, 0.25) is 0 Å². The maximum Gasteiger partial charge on any atom is 0.130 e. The van der Waals surface area contributed by atoms with Gasteiger partial charge in [-0.05, 0) is 36.2 Å². The Morgan fingerprint density at radius 3 is 2.65 bits per heavy atom. The zero-order valence-corrected chi connectivity index (χ0v) is 9.87. The van der Waals surface area contributed by atoms with E-state index in [4.69, 9.17) is 5.73 Å². The van der Waals surface area contributed by atoms with E-state index in [2.05, 4.69) is 14.9 Å². The molecule has 0 saturated carbocycles. The van der Waals surface area contributed by atoms with Crippen LogP contribution < -0.4 is 10.6 Å². The molecule has 88 valence electrons. The van der Waals surface area contributed by atoms with Gasteiger partial charge in [-0.25, -0.2) is 4.98 Å². The van der Waals surface area contributed by atoms with E-state index in [9.17, 15) is 0 Å². The number of hydrogen-bond acceptors (Lipinski definition) is 4. The average Bonchev–Trinajstić information content (AvgIpc) is 2.37. The number of nitrogens with zero attached hydrogens (tertiary/aromatic N) is 3. The summed E-state index contributed by atoms with van der Waals surface area (Å²) in [4.78, 5) is 10.4. The van der Waals surface area contributed by atoms with Crippen LogP contribution >= 0.6 is 0 Å². The molecule has 4 nitrogen and oxygen atoms in total. The summed E-state index contributed by atoms with van der Waals surface area (Å²) in [5.41, 5.74) is 6.93. The Balaban J connectivity index is 1.96. The van der Waals surface area contributed by atoms with Crippen molar-refractivity contribution in [1.29, 1.82) is 0 Å². The third kappa shape index (κ3) is 3.17. The fourth-order valence-electron chi connectivity index (χ4n) is 1.61. The molecule has 0 aliphatic rings. The number of rotatable bonds is 4. The van der Waals surface area contributed by atoms with E-state index >= 15 is 0 Å². The molecule has 17 heavy (non-hydrogen) atoms. The lowest BCUT2D eigenvalue weighted by atomic mass is 10.2. The first-order valence-corrected chi connectivity index (χ1v) is 5.58. The number of pyridine rings is 2. The molecular formula is C13H16N4. The highest BCUT2D eigenvalue weighted by Gasteiger charge is 2.02. The third-order valence-electron chi connectivity index (χ3n) is 2.63. The minimum absolute atomic E-state index is 0.554. The summed E-state index contributed by atoms with van der Waals surface area (Å²) in [6.07, 6.45) is 4.59. The van der Waals surface area contributed by atoms with Crippen LogP contribution in [0.4, 0.5) is 11.6 Å². The Morgan fingerprint density at radius 1 is 1.18 bits per heavy atom. The number of aromatic nitrogens is 2. The number of nitrogen functional groups attached to an aromatic ring is 1. The first-order valence-electron chi connectivity index (χ1n) is 5.58. The van der Waals surface area contributed by atoms with Gasteiger partial charge in [0.05, 0.1) is 0 Å². The monoisotopic (exact) mass is 228 g/mol. The molecule has 0 aliphatic carbocycles. The number of anilines is 2. The van der Waals surface area contributed by atoms with Crippen molar-refractivity contribution in [2.24, 2.45) is 0 Å². The second-order valence-electron chi connectivity index (χ2n) is 3.95. The summed E-state index contributed by atoms with van der Waals surface area (Å²) in [5, 5.41) is 0. The van der Waals surface area contributed by atoms with Gasteiger partial charge in [-0.1, -0.05) is 6.07 Å². The Kier molecular flexibility index (Phi) is 3.55. The molecule has 2 rings (SSSR count). The SMILES string of the molecule is CN(CCc1ccncc1)c1cccc(N)n1. The largest absolute Gasteiger partial charge is 0.384 e. The minimum Gasteiger partial charge on any atom is -0.384 e. The lowest BCUT2D eigenvalue weighted by Crippen LogP contribution is -2.21. The van der Waals surface area contributed by atoms with Crippen molar-refractivity contribution >= 4 is 11.6 Å².